The Morgan fingerprint density at radius 3 is 2.35 bits per heavy atom. The molecule has 1 nitrogen and oxygen atoms in total. The summed E-state index contributed by atoms with van der Waals surface area (Å²) >= 11 is 0. The van der Waals surface area contributed by atoms with E-state index in [1.54, 1.807) is 12.1 Å². The second-order valence-electron chi connectivity index (χ2n) is 3.70. The fourth-order valence-corrected chi connectivity index (χ4v) is 1.50. The van der Waals surface area contributed by atoms with Crippen molar-refractivity contribution in [1.82, 2.24) is 0 Å². The van der Waals surface area contributed by atoms with Crippen molar-refractivity contribution in [2.75, 3.05) is 11.9 Å². The summed E-state index contributed by atoms with van der Waals surface area (Å²) in [6, 6.07) is 16.5. The van der Waals surface area contributed by atoms with Gasteiger partial charge in [0.25, 0.3) is 0 Å². The van der Waals surface area contributed by atoms with Gasteiger partial charge in [-0.1, -0.05) is 42.5 Å². The molecule has 0 saturated heterocycles. The Kier molecular flexibility index (Phi) is 3.92. The van der Waals surface area contributed by atoms with E-state index in [9.17, 15) is 4.39 Å². The van der Waals surface area contributed by atoms with E-state index in [1.807, 2.05) is 36.4 Å². The molecule has 0 fully saturated rings. The van der Waals surface area contributed by atoms with Gasteiger partial charge in [-0.05, 0) is 29.8 Å². The lowest BCUT2D eigenvalue weighted by Gasteiger charge is -2.02. The van der Waals surface area contributed by atoms with Gasteiger partial charge in [-0.15, -0.1) is 0 Å². The molecule has 0 bridgehead atoms. The molecule has 86 valence electrons. The number of nitrogens with one attached hydrogen (secondary N) is 1. The maximum atomic E-state index is 12.7. The minimum absolute atomic E-state index is 0.213. The molecule has 0 unspecified atom stereocenters. The largest absolute Gasteiger partial charge is 0.382 e. The van der Waals surface area contributed by atoms with Gasteiger partial charge in [0.15, 0.2) is 0 Å². The highest BCUT2D eigenvalue weighted by Gasteiger charge is 1.90. The number of halogens is 1. The van der Waals surface area contributed by atoms with Crippen molar-refractivity contribution >= 4 is 11.8 Å². The first-order valence-corrected chi connectivity index (χ1v) is 5.55. The lowest BCUT2D eigenvalue weighted by Crippen LogP contribution is -1.97. The van der Waals surface area contributed by atoms with E-state index in [0.29, 0.717) is 0 Å². The van der Waals surface area contributed by atoms with E-state index in [2.05, 4.69) is 11.4 Å². The van der Waals surface area contributed by atoms with Crippen LogP contribution in [0.3, 0.4) is 0 Å². The highest BCUT2D eigenvalue weighted by Crippen LogP contribution is 2.08. The minimum atomic E-state index is -0.213. The van der Waals surface area contributed by atoms with Crippen LogP contribution in [0.5, 0.6) is 0 Å². The molecule has 2 heteroatoms. The zero-order valence-corrected chi connectivity index (χ0v) is 9.44. The molecular formula is C15H14FN. The summed E-state index contributed by atoms with van der Waals surface area (Å²) < 4.78 is 12.7. The fourth-order valence-electron chi connectivity index (χ4n) is 1.50. The van der Waals surface area contributed by atoms with E-state index >= 15 is 0 Å². The molecule has 0 aromatic heterocycles. The quantitative estimate of drug-likeness (QED) is 0.833. The number of hydrogen-bond donors (Lipinski definition) is 1. The average molecular weight is 227 g/mol. The van der Waals surface area contributed by atoms with Crippen molar-refractivity contribution in [2.24, 2.45) is 0 Å². The Bertz CT molecular complexity index is 474. The molecule has 0 aliphatic heterocycles. The molecule has 2 aromatic rings. The topological polar surface area (TPSA) is 12.0 Å². The third kappa shape index (κ3) is 3.76. The van der Waals surface area contributed by atoms with Crippen LogP contribution in [0.4, 0.5) is 10.1 Å². The molecule has 1 N–H and O–H groups in total. The smallest absolute Gasteiger partial charge is 0.123 e. The van der Waals surface area contributed by atoms with Gasteiger partial charge in [-0.3, -0.25) is 0 Å². The molecule has 0 radical (unpaired) electrons. The van der Waals surface area contributed by atoms with Crippen molar-refractivity contribution in [3.8, 4) is 0 Å². The summed E-state index contributed by atoms with van der Waals surface area (Å²) in [5.41, 5.74) is 2.09. The molecule has 2 aromatic carbocycles. The number of hydrogen-bond acceptors (Lipinski definition) is 1. The Balaban J connectivity index is 1.84. The summed E-state index contributed by atoms with van der Waals surface area (Å²) in [5, 5.41) is 3.19. The summed E-state index contributed by atoms with van der Waals surface area (Å²) in [6.07, 6.45) is 4.09. The van der Waals surface area contributed by atoms with Gasteiger partial charge in [-0.2, -0.15) is 0 Å². The monoisotopic (exact) mass is 227 g/mol. The number of benzene rings is 2. The number of rotatable bonds is 4. The van der Waals surface area contributed by atoms with E-state index in [-0.39, 0.29) is 5.82 Å². The first kappa shape index (κ1) is 11.4. The predicted octanol–water partition coefficient (Wildman–Crippen LogP) is 3.95. The van der Waals surface area contributed by atoms with Crippen LogP contribution < -0.4 is 5.32 Å². The van der Waals surface area contributed by atoms with Gasteiger partial charge in [0.1, 0.15) is 5.82 Å². The van der Waals surface area contributed by atoms with Crippen molar-refractivity contribution < 1.29 is 4.39 Å². The van der Waals surface area contributed by atoms with Crippen LogP contribution in [0, 0.1) is 5.82 Å². The van der Waals surface area contributed by atoms with Crippen LogP contribution in [0.2, 0.25) is 0 Å². The van der Waals surface area contributed by atoms with Crippen LogP contribution in [0.25, 0.3) is 6.08 Å². The van der Waals surface area contributed by atoms with Crippen molar-refractivity contribution in [2.45, 2.75) is 0 Å². The van der Waals surface area contributed by atoms with Gasteiger partial charge >= 0.3 is 0 Å². The second-order valence-corrected chi connectivity index (χ2v) is 3.70. The standard InChI is InChI=1S/C15H14FN/c16-14-8-10-15(11-9-14)17-12-4-7-13-5-2-1-3-6-13/h1-11,17H,12H2. The molecule has 2 rings (SSSR count). The molecule has 0 spiro atoms. The Morgan fingerprint density at radius 2 is 1.65 bits per heavy atom. The molecule has 0 amide bonds. The van der Waals surface area contributed by atoms with E-state index < -0.39 is 0 Å². The molecule has 0 heterocycles. The summed E-state index contributed by atoms with van der Waals surface area (Å²) in [5.74, 6) is -0.213. The van der Waals surface area contributed by atoms with Gasteiger partial charge in [-0.25, -0.2) is 4.39 Å². The van der Waals surface area contributed by atoms with Crippen LogP contribution in [-0.4, -0.2) is 6.54 Å². The maximum Gasteiger partial charge on any atom is 0.123 e. The molecule has 0 atom stereocenters. The van der Waals surface area contributed by atoms with Crippen molar-refractivity contribution in [3.05, 3.63) is 72.1 Å². The van der Waals surface area contributed by atoms with Crippen LogP contribution in [0.1, 0.15) is 5.56 Å². The zero-order chi connectivity index (χ0) is 11.9. The lowest BCUT2D eigenvalue weighted by molar-refractivity contribution is 0.628. The molecular weight excluding hydrogens is 213 g/mol. The van der Waals surface area contributed by atoms with Crippen LogP contribution in [-0.2, 0) is 0 Å². The highest BCUT2D eigenvalue weighted by atomic mass is 19.1. The van der Waals surface area contributed by atoms with Crippen molar-refractivity contribution in [3.63, 3.8) is 0 Å². The summed E-state index contributed by atoms with van der Waals surface area (Å²) in [7, 11) is 0. The average Bonchev–Trinajstić information content (AvgIpc) is 2.38. The Labute approximate surface area is 101 Å². The maximum absolute atomic E-state index is 12.7. The van der Waals surface area contributed by atoms with Crippen LogP contribution >= 0.6 is 0 Å². The lowest BCUT2D eigenvalue weighted by atomic mass is 10.2. The first-order valence-electron chi connectivity index (χ1n) is 5.55. The number of anilines is 1. The zero-order valence-electron chi connectivity index (χ0n) is 9.44. The third-order valence-electron chi connectivity index (χ3n) is 2.38. The SMILES string of the molecule is Fc1ccc(NCC=Cc2ccccc2)cc1. The molecule has 0 saturated carbocycles. The van der Waals surface area contributed by atoms with E-state index in [0.717, 1.165) is 12.2 Å². The Morgan fingerprint density at radius 1 is 0.941 bits per heavy atom. The van der Waals surface area contributed by atoms with Gasteiger partial charge in [0, 0.05) is 12.2 Å². The van der Waals surface area contributed by atoms with Crippen molar-refractivity contribution in [1.29, 1.82) is 0 Å². The molecule has 17 heavy (non-hydrogen) atoms. The molecule has 0 aliphatic rings. The van der Waals surface area contributed by atoms with E-state index in [4.69, 9.17) is 0 Å². The van der Waals surface area contributed by atoms with Crippen LogP contribution in [0.15, 0.2) is 60.7 Å². The fraction of sp³-hybridized carbons (Fsp3) is 0.0667. The van der Waals surface area contributed by atoms with Gasteiger partial charge in [0.05, 0.1) is 0 Å². The predicted molar refractivity (Wildman–Crippen MR) is 70.4 cm³/mol. The summed E-state index contributed by atoms with van der Waals surface area (Å²) in [4.78, 5) is 0. The summed E-state index contributed by atoms with van der Waals surface area (Å²) in [6.45, 7) is 0.723. The third-order valence-corrected chi connectivity index (χ3v) is 2.38. The van der Waals surface area contributed by atoms with Gasteiger partial charge < -0.3 is 5.32 Å². The highest BCUT2D eigenvalue weighted by molar-refractivity contribution is 5.50. The Hall–Kier alpha value is -2.09. The van der Waals surface area contributed by atoms with Gasteiger partial charge in [0.2, 0.25) is 0 Å². The minimum Gasteiger partial charge on any atom is -0.382 e. The molecule has 0 aliphatic carbocycles. The van der Waals surface area contributed by atoms with E-state index in [1.165, 1.54) is 17.7 Å². The second kappa shape index (κ2) is 5.85. The first-order chi connectivity index (χ1) is 8.34. The normalized spacial score (nSPS) is 10.6.